The molecule has 1 nitrogen and oxygen atoms in total. The third-order valence-electron chi connectivity index (χ3n) is 4.08. The first kappa shape index (κ1) is 11.7. The summed E-state index contributed by atoms with van der Waals surface area (Å²) in [5.74, 6) is 0. The van der Waals surface area contributed by atoms with Crippen LogP contribution in [0.25, 0.3) is 0 Å². The smallest absolute Gasteiger partial charge is 0.0846 e. The molecule has 1 aromatic rings. The fourth-order valence-corrected chi connectivity index (χ4v) is 2.80. The van der Waals surface area contributed by atoms with E-state index in [1.165, 1.54) is 18.4 Å². The molecule has 0 spiro atoms. The van der Waals surface area contributed by atoms with Crippen molar-refractivity contribution < 1.29 is 5.11 Å². The van der Waals surface area contributed by atoms with Crippen molar-refractivity contribution in [1.29, 1.82) is 0 Å². The van der Waals surface area contributed by atoms with E-state index in [0.717, 1.165) is 24.8 Å². The Bertz CT molecular complexity index is 358. The number of rotatable bonds is 3. The molecule has 0 radical (unpaired) electrons. The second-order valence-corrected chi connectivity index (χ2v) is 5.36. The number of benzene rings is 1. The summed E-state index contributed by atoms with van der Waals surface area (Å²) >= 11 is 0. The minimum absolute atomic E-state index is 0.0877. The lowest BCUT2D eigenvalue weighted by Gasteiger charge is -2.40. The van der Waals surface area contributed by atoms with Crippen molar-refractivity contribution in [2.75, 3.05) is 0 Å². The number of hydrogen-bond donors (Lipinski definition) is 1. The van der Waals surface area contributed by atoms with Gasteiger partial charge in [-0.3, -0.25) is 0 Å². The molecule has 1 aliphatic rings. The van der Waals surface area contributed by atoms with Gasteiger partial charge in [-0.05, 0) is 35.8 Å². The maximum Gasteiger partial charge on any atom is 0.0846 e. The van der Waals surface area contributed by atoms with Gasteiger partial charge in [0.05, 0.1) is 6.10 Å². The van der Waals surface area contributed by atoms with E-state index in [4.69, 9.17) is 0 Å². The summed E-state index contributed by atoms with van der Waals surface area (Å²) in [5, 5.41) is 10.5. The largest absolute Gasteiger partial charge is 0.388 e. The van der Waals surface area contributed by atoms with Gasteiger partial charge in [0, 0.05) is 0 Å². The first-order valence-electron chi connectivity index (χ1n) is 6.43. The average Bonchev–Trinajstić information content (AvgIpc) is 2.32. The van der Waals surface area contributed by atoms with Crippen molar-refractivity contribution in [2.24, 2.45) is 5.41 Å². The maximum absolute atomic E-state index is 10.5. The van der Waals surface area contributed by atoms with Crippen molar-refractivity contribution in [2.45, 2.75) is 52.1 Å². The van der Waals surface area contributed by atoms with Crippen LogP contribution in [-0.2, 0) is 6.42 Å². The van der Waals surface area contributed by atoms with Gasteiger partial charge in [0.1, 0.15) is 0 Å². The summed E-state index contributed by atoms with van der Waals surface area (Å²) in [6.45, 7) is 4.45. The molecule has 1 heteroatoms. The summed E-state index contributed by atoms with van der Waals surface area (Å²) in [5.41, 5.74) is 2.58. The van der Waals surface area contributed by atoms with Gasteiger partial charge in [0.2, 0.25) is 0 Å². The number of fused-ring (bicyclic) bond motifs is 1. The third-order valence-corrected chi connectivity index (χ3v) is 4.08. The lowest BCUT2D eigenvalue weighted by Crippen LogP contribution is -2.31. The van der Waals surface area contributed by atoms with E-state index in [1.54, 1.807) is 0 Å². The van der Waals surface area contributed by atoms with Gasteiger partial charge in [0.25, 0.3) is 0 Å². The highest BCUT2D eigenvalue weighted by molar-refractivity contribution is 5.33. The highest BCUT2D eigenvalue weighted by Crippen LogP contribution is 2.46. The predicted octanol–water partition coefficient (Wildman–Crippen LogP) is 3.86. The van der Waals surface area contributed by atoms with Crippen LogP contribution < -0.4 is 0 Å². The number of unbranched alkanes of at least 4 members (excludes halogenated alkanes) is 1. The Morgan fingerprint density at radius 2 is 2.12 bits per heavy atom. The van der Waals surface area contributed by atoms with Crippen LogP contribution in [0.15, 0.2) is 24.3 Å². The molecular weight excluding hydrogens is 196 g/mol. The van der Waals surface area contributed by atoms with Gasteiger partial charge >= 0.3 is 0 Å². The summed E-state index contributed by atoms with van der Waals surface area (Å²) in [7, 11) is 0. The second-order valence-electron chi connectivity index (χ2n) is 5.36. The van der Waals surface area contributed by atoms with E-state index in [0.29, 0.717) is 0 Å². The Hall–Kier alpha value is -0.820. The molecule has 16 heavy (non-hydrogen) atoms. The molecular formula is C15H22O. The van der Waals surface area contributed by atoms with E-state index in [2.05, 4.69) is 32.0 Å². The lowest BCUT2D eigenvalue weighted by molar-refractivity contribution is 0.0123. The fourth-order valence-electron chi connectivity index (χ4n) is 2.80. The highest BCUT2D eigenvalue weighted by Gasteiger charge is 2.37. The van der Waals surface area contributed by atoms with Crippen LogP contribution in [0.5, 0.6) is 0 Å². The molecule has 0 aliphatic heterocycles. The Kier molecular flexibility index (Phi) is 3.34. The quantitative estimate of drug-likeness (QED) is 0.816. The van der Waals surface area contributed by atoms with Crippen LogP contribution >= 0.6 is 0 Å². The molecule has 0 bridgehead atoms. The molecule has 0 aromatic heterocycles. The third kappa shape index (κ3) is 2.01. The van der Waals surface area contributed by atoms with Gasteiger partial charge in [-0.2, -0.15) is 0 Å². The SMILES string of the molecule is CCCC[C@@]1(C)CCc2ccccc2[C@H]1O. The van der Waals surface area contributed by atoms with Gasteiger partial charge in [0.15, 0.2) is 0 Å². The monoisotopic (exact) mass is 218 g/mol. The number of hydrogen-bond acceptors (Lipinski definition) is 1. The topological polar surface area (TPSA) is 20.2 Å². The molecule has 0 saturated heterocycles. The average molecular weight is 218 g/mol. The van der Waals surface area contributed by atoms with Crippen LogP contribution in [0.2, 0.25) is 0 Å². The van der Waals surface area contributed by atoms with Crippen LogP contribution in [-0.4, -0.2) is 5.11 Å². The van der Waals surface area contributed by atoms with E-state index in [1.807, 2.05) is 6.07 Å². The molecule has 0 heterocycles. The van der Waals surface area contributed by atoms with Crippen molar-refractivity contribution in [3.8, 4) is 0 Å². The number of aliphatic hydroxyl groups excluding tert-OH is 1. The summed E-state index contributed by atoms with van der Waals surface area (Å²) in [6.07, 6.45) is 5.53. The van der Waals surface area contributed by atoms with Gasteiger partial charge in [-0.1, -0.05) is 51.0 Å². The molecule has 1 aliphatic carbocycles. The Balaban J connectivity index is 2.23. The fraction of sp³-hybridized carbons (Fsp3) is 0.600. The van der Waals surface area contributed by atoms with E-state index in [9.17, 15) is 5.11 Å². The van der Waals surface area contributed by atoms with Crippen LogP contribution in [0.4, 0.5) is 0 Å². The highest BCUT2D eigenvalue weighted by atomic mass is 16.3. The Labute approximate surface area is 98.5 Å². The zero-order valence-corrected chi connectivity index (χ0v) is 10.4. The Morgan fingerprint density at radius 1 is 1.38 bits per heavy atom. The normalized spacial score (nSPS) is 28.8. The molecule has 0 fully saturated rings. The van der Waals surface area contributed by atoms with Gasteiger partial charge < -0.3 is 5.11 Å². The van der Waals surface area contributed by atoms with E-state index in [-0.39, 0.29) is 11.5 Å². The molecule has 2 rings (SSSR count). The Morgan fingerprint density at radius 3 is 2.88 bits per heavy atom. The van der Waals surface area contributed by atoms with Crippen LogP contribution in [0.1, 0.15) is 56.8 Å². The molecule has 1 aromatic carbocycles. The predicted molar refractivity (Wildman–Crippen MR) is 67.4 cm³/mol. The van der Waals surface area contributed by atoms with Gasteiger partial charge in [-0.15, -0.1) is 0 Å². The molecule has 1 N–H and O–H groups in total. The summed E-state index contributed by atoms with van der Waals surface area (Å²) < 4.78 is 0. The molecule has 88 valence electrons. The molecule has 0 saturated carbocycles. The van der Waals surface area contributed by atoms with Crippen LogP contribution in [0, 0.1) is 5.41 Å². The maximum atomic E-state index is 10.5. The second kappa shape index (κ2) is 4.58. The van der Waals surface area contributed by atoms with Crippen molar-refractivity contribution >= 4 is 0 Å². The summed E-state index contributed by atoms with van der Waals surface area (Å²) in [4.78, 5) is 0. The van der Waals surface area contributed by atoms with Crippen molar-refractivity contribution in [3.05, 3.63) is 35.4 Å². The zero-order valence-electron chi connectivity index (χ0n) is 10.4. The number of aryl methyl sites for hydroxylation is 1. The minimum Gasteiger partial charge on any atom is -0.388 e. The molecule has 2 atom stereocenters. The first-order valence-corrected chi connectivity index (χ1v) is 6.43. The van der Waals surface area contributed by atoms with Crippen molar-refractivity contribution in [1.82, 2.24) is 0 Å². The first-order chi connectivity index (χ1) is 7.67. The zero-order chi connectivity index (χ0) is 11.6. The standard InChI is InChI=1S/C15H22O/c1-3-4-10-15(2)11-9-12-7-5-6-8-13(12)14(15)16/h5-8,14,16H,3-4,9-11H2,1-2H3/t14-,15+/m1/s1. The van der Waals surface area contributed by atoms with Crippen LogP contribution in [0.3, 0.4) is 0 Å². The lowest BCUT2D eigenvalue weighted by atomic mass is 9.68. The summed E-state index contributed by atoms with van der Waals surface area (Å²) in [6, 6.07) is 8.34. The van der Waals surface area contributed by atoms with Gasteiger partial charge in [-0.25, -0.2) is 0 Å². The molecule has 0 unspecified atom stereocenters. The molecule has 0 amide bonds. The van der Waals surface area contributed by atoms with E-state index >= 15 is 0 Å². The number of aliphatic hydroxyl groups is 1. The van der Waals surface area contributed by atoms with Crippen molar-refractivity contribution in [3.63, 3.8) is 0 Å². The minimum atomic E-state index is -0.274. The van der Waals surface area contributed by atoms with E-state index < -0.39 is 0 Å².